The van der Waals surface area contributed by atoms with Crippen LogP contribution in [0.1, 0.15) is 17.4 Å². The van der Waals surface area contributed by atoms with E-state index in [0.29, 0.717) is 0 Å². The maximum atomic E-state index is 13.3. The van der Waals surface area contributed by atoms with E-state index in [1.165, 1.54) is 0 Å². The topological polar surface area (TPSA) is 103 Å². The van der Waals surface area contributed by atoms with Crippen molar-refractivity contribution < 1.29 is 23.8 Å². The van der Waals surface area contributed by atoms with Gasteiger partial charge in [-0.2, -0.15) is 0 Å². The van der Waals surface area contributed by atoms with Crippen LogP contribution in [-0.4, -0.2) is 34.4 Å². The fourth-order valence-corrected chi connectivity index (χ4v) is 1.83. The Morgan fingerprint density at radius 1 is 1.61 bits per heavy atom. The summed E-state index contributed by atoms with van der Waals surface area (Å²) in [7, 11) is 0. The van der Waals surface area contributed by atoms with E-state index in [4.69, 9.17) is 10.8 Å². The van der Waals surface area contributed by atoms with Crippen LogP contribution in [0.15, 0.2) is 11.0 Å². The fourth-order valence-electron chi connectivity index (χ4n) is 1.09. The number of pyridine rings is 1. The number of ether oxygens (including phenoxy) is 1. The average molecular weight is 274 g/mol. The summed E-state index contributed by atoms with van der Waals surface area (Å²) in [6, 6.07) is 0.940. The number of aromatic nitrogens is 1. The van der Waals surface area contributed by atoms with Gasteiger partial charge in [-0.25, -0.2) is 14.2 Å². The first-order valence-corrected chi connectivity index (χ1v) is 5.92. The van der Waals surface area contributed by atoms with Gasteiger partial charge < -0.3 is 15.6 Å². The van der Waals surface area contributed by atoms with Gasteiger partial charge in [0.25, 0.3) is 0 Å². The highest BCUT2D eigenvalue weighted by atomic mass is 32.2. The molecule has 0 radical (unpaired) electrons. The molecular weight excluding hydrogens is 263 g/mol. The zero-order chi connectivity index (χ0) is 13.7. The maximum absolute atomic E-state index is 13.3. The summed E-state index contributed by atoms with van der Waals surface area (Å²) < 4.78 is 18.0. The summed E-state index contributed by atoms with van der Waals surface area (Å²) in [5.41, 5.74) is 4.73. The number of hydrogen-bond acceptors (Lipinski definition) is 6. The van der Waals surface area contributed by atoms with Crippen LogP contribution in [0, 0.1) is 5.82 Å². The number of carboxylic acid groups (broad SMARTS) is 1. The molecule has 6 nitrogen and oxygen atoms in total. The number of nitrogens with two attached hydrogens (primary N) is 1. The Kier molecular flexibility index (Phi) is 4.90. The molecular formula is C10H11FN2O4S. The van der Waals surface area contributed by atoms with Crippen molar-refractivity contribution >= 4 is 29.5 Å². The van der Waals surface area contributed by atoms with Gasteiger partial charge in [-0.1, -0.05) is 0 Å². The first-order chi connectivity index (χ1) is 8.45. The van der Waals surface area contributed by atoms with Crippen LogP contribution in [0.2, 0.25) is 0 Å². The van der Waals surface area contributed by atoms with Gasteiger partial charge in [-0.05, 0) is 13.0 Å². The highest BCUT2D eigenvalue weighted by Gasteiger charge is 2.16. The number of aromatic carboxylic acids is 1. The van der Waals surface area contributed by atoms with Crippen LogP contribution in [0.4, 0.5) is 10.2 Å². The molecule has 0 aliphatic rings. The highest BCUT2D eigenvalue weighted by Crippen LogP contribution is 2.25. The van der Waals surface area contributed by atoms with Gasteiger partial charge in [0.1, 0.15) is 5.82 Å². The summed E-state index contributed by atoms with van der Waals surface area (Å²) in [6.07, 6.45) is 0. The molecule has 18 heavy (non-hydrogen) atoms. The number of carbonyl (C=O) groups excluding carboxylic acids is 1. The van der Waals surface area contributed by atoms with Crippen molar-refractivity contribution in [3.05, 3.63) is 17.6 Å². The Bertz CT molecular complexity index is 481. The lowest BCUT2D eigenvalue weighted by Crippen LogP contribution is -2.09. The van der Waals surface area contributed by atoms with E-state index >= 15 is 0 Å². The van der Waals surface area contributed by atoms with Crippen molar-refractivity contribution in [3.63, 3.8) is 0 Å². The van der Waals surface area contributed by atoms with Gasteiger partial charge in [0, 0.05) is 0 Å². The molecule has 1 aromatic heterocycles. The van der Waals surface area contributed by atoms with Crippen LogP contribution >= 0.6 is 11.8 Å². The summed E-state index contributed by atoms with van der Waals surface area (Å²) in [5.74, 6) is -3.15. The van der Waals surface area contributed by atoms with E-state index < -0.39 is 23.4 Å². The van der Waals surface area contributed by atoms with Gasteiger partial charge in [-0.3, -0.25) is 4.79 Å². The molecule has 8 heteroatoms. The number of anilines is 1. The molecule has 0 atom stereocenters. The zero-order valence-corrected chi connectivity index (χ0v) is 10.3. The molecule has 0 aliphatic heterocycles. The number of nitrogen functional groups attached to an aromatic ring is 1. The molecule has 1 aromatic rings. The molecule has 0 amide bonds. The molecule has 0 fully saturated rings. The lowest BCUT2D eigenvalue weighted by molar-refractivity contribution is -0.139. The number of hydrogen-bond donors (Lipinski definition) is 2. The van der Waals surface area contributed by atoms with E-state index in [9.17, 15) is 14.0 Å². The quantitative estimate of drug-likeness (QED) is 0.613. The molecule has 0 aliphatic carbocycles. The third-order valence-electron chi connectivity index (χ3n) is 1.82. The summed E-state index contributed by atoms with van der Waals surface area (Å²) in [6.45, 7) is 1.92. The van der Waals surface area contributed by atoms with E-state index in [0.717, 1.165) is 17.8 Å². The highest BCUT2D eigenvalue weighted by molar-refractivity contribution is 8.00. The lowest BCUT2D eigenvalue weighted by Gasteiger charge is -2.06. The van der Waals surface area contributed by atoms with E-state index in [2.05, 4.69) is 9.72 Å². The Morgan fingerprint density at radius 3 is 2.83 bits per heavy atom. The van der Waals surface area contributed by atoms with Gasteiger partial charge >= 0.3 is 11.9 Å². The molecule has 3 N–H and O–H groups in total. The SMILES string of the molecule is CCOC(=O)CSc1cc(F)c(C(=O)O)nc1N. The number of esters is 1. The molecule has 0 unspecified atom stereocenters. The van der Waals surface area contributed by atoms with Crippen molar-refractivity contribution in [3.8, 4) is 0 Å². The van der Waals surface area contributed by atoms with Crippen LogP contribution in [0.25, 0.3) is 0 Å². The average Bonchev–Trinajstić information content (AvgIpc) is 2.29. The smallest absolute Gasteiger partial charge is 0.357 e. The predicted octanol–water partition coefficient (Wildman–Crippen LogP) is 1.16. The second-order valence-electron chi connectivity index (χ2n) is 3.10. The Labute approximate surface area is 106 Å². The summed E-state index contributed by atoms with van der Waals surface area (Å²) in [4.78, 5) is 25.3. The number of nitrogens with zero attached hydrogens (tertiary/aromatic N) is 1. The molecule has 0 saturated heterocycles. The molecule has 98 valence electrons. The van der Waals surface area contributed by atoms with Crippen molar-refractivity contribution in [1.29, 1.82) is 0 Å². The summed E-state index contributed by atoms with van der Waals surface area (Å²) in [5, 5.41) is 8.63. The van der Waals surface area contributed by atoms with Crippen molar-refractivity contribution in [2.24, 2.45) is 0 Å². The van der Waals surface area contributed by atoms with Crippen molar-refractivity contribution in [2.75, 3.05) is 18.1 Å². The standard InChI is InChI=1S/C10H11FN2O4S/c1-2-17-7(14)4-18-6-3-5(11)8(10(15)16)13-9(6)12/h3H,2,4H2,1H3,(H2,12,13)(H,15,16). The van der Waals surface area contributed by atoms with Gasteiger partial charge in [0.05, 0.1) is 17.3 Å². The molecule has 1 heterocycles. The Balaban J connectivity index is 2.82. The number of carbonyl (C=O) groups is 2. The van der Waals surface area contributed by atoms with Crippen LogP contribution < -0.4 is 5.73 Å². The minimum absolute atomic E-state index is 0.0500. The Hall–Kier alpha value is -1.83. The van der Waals surface area contributed by atoms with Crippen LogP contribution in [-0.2, 0) is 9.53 Å². The fraction of sp³-hybridized carbons (Fsp3) is 0.300. The largest absolute Gasteiger partial charge is 0.476 e. The minimum Gasteiger partial charge on any atom is -0.476 e. The number of thioether (sulfide) groups is 1. The van der Waals surface area contributed by atoms with E-state index in [-0.39, 0.29) is 23.1 Å². The maximum Gasteiger partial charge on any atom is 0.357 e. The second-order valence-corrected chi connectivity index (χ2v) is 4.12. The van der Waals surface area contributed by atoms with Gasteiger partial charge in [0.15, 0.2) is 11.5 Å². The van der Waals surface area contributed by atoms with Crippen molar-refractivity contribution in [2.45, 2.75) is 11.8 Å². The van der Waals surface area contributed by atoms with E-state index in [1.807, 2.05) is 0 Å². The molecule has 0 bridgehead atoms. The first kappa shape index (κ1) is 14.2. The monoisotopic (exact) mass is 274 g/mol. The molecule has 0 saturated carbocycles. The number of halogens is 1. The third-order valence-corrected chi connectivity index (χ3v) is 2.84. The molecule has 0 aromatic carbocycles. The van der Waals surface area contributed by atoms with Crippen LogP contribution in [0.3, 0.4) is 0 Å². The predicted molar refractivity (Wildman–Crippen MR) is 62.9 cm³/mol. The molecule has 1 rings (SSSR count). The molecule has 0 spiro atoms. The van der Waals surface area contributed by atoms with Gasteiger partial charge in [-0.15, -0.1) is 11.8 Å². The Morgan fingerprint density at radius 2 is 2.28 bits per heavy atom. The number of carboxylic acids is 1. The normalized spacial score (nSPS) is 10.1. The lowest BCUT2D eigenvalue weighted by atomic mass is 10.3. The zero-order valence-electron chi connectivity index (χ0n) is 9.47. The minimum atomic E-state index is -1.50. The second kappa shape index (κ2) is 6.20. The number of rotatable bonds is 5. The van der Waals surface area contributed by atoms with E-state index in [1.54, 1.807) is 6.92 Å². The van der Waals surface area contributed by atoms with Gasteiger partial charge in [0.2, 0.25) is 0 Å². The van der Waals surface area contributed by atoms with Crippen molar-refractivity contribution in [1.82, 2.24) is 4.98 Å². The third kappa shape index (κ3) is 3.59. The summed E-state index contributed by atoms with van der Waals surface area (Å²) >= 11 is 0.935. The van der Waals surface area contributed by atoms with Crippen LogP contribution in [0.5, 0.6) is 0 Å². The first-order valence-electron chi connectivity index (χ1n) is 4.93.